The summed E-state index contributed by atoms with van der Waals surface area (Å²) in [4.78, 5) is 24.2. The summed E-state index contributed by atoms with van der Waals surface area (Å²) in [6.45, 7) is 7.32. The number of rotatable bonds is 6. The van der Waals surface area contributed by atoms with Gasteiger partial charge in [0.25, 0.3) is 0 Å². The molecule has 1 atom stereocenters. The molecule has 0 aliphatic heterocycles. The van der Waals surface area contributed by atoms with E-state index >= 15 is 0 Å². The van der Waals surface area contributed by atoms with Gasteiger partial charge < -0.3 is 24.3 Å². The molecule has 0 radical (unpaired) electrons. The lowest BCUT2D eigenvalue weighted by Crippen LogP contribution is -2.48. The molecule has 34 heavy (non-hydrogen) atoms. The second-order valence-electron chi connectivity index (χ2n) is 8.73. The van der Waals surface area contributed by atoms with Crippen molar-refractivity contribution < 1.29 is 28.5 Å². The van der Waals surface area contributed by atoms with Gasteiger partial charge >= 0.3 is 12.2 Å². The van der Waals surface area contributed by atoms with Gasteiger partial charge in [-0.3, -0.25) is 0 Å². The van der Waals surface area contributed by atoms with Gasteiger partial charge in [-0.25, -0.2) is 15.0 Å². The van der Waals surface area contributed by atoms with E-state index in [2.05, 4.69) is 15.8 Å². The molecule has 0 spiro atoms. The lowest BCUT2D eigenvalue weighted by atomic mass is 9.86. The Bertz CT molecular complexity index is 1060. The number of fused-ring (bicyclic) bond motifs is 1. The van der Waals surface area contributed by atoms with Gasteiger partial charge in [-0.2, -0.15) is 5.10 Å². The van der Waals surface area contributed by atoms with E-state index < -0.39 is 23.8 Å². The number of benzene rings is 2. The van der Waals surface area contributed by atoms with E-state index in [1.54, 1.807) is 40.9 Å². The fourth-order valence-electron chi connectivity index (χ4n) is 3.47. The molecular weight excluding hydrogens is 438 g/mol. The van der Waals surface area contributed by atoms with Crippen LogP contribution in [0, 0.1) is 0 Å². The summed E-state index contributed by atoms with van der Waals surface area (Å²) in [6, 6.07) is 12.6. The van der Waals surface area contributed by atoms with Crippen LogP contribution in [0.4, 0.5) is 9.59 Å². The topological polar surface area (TPSA) is 107 Å². The van der Waals surface area contributed by atoms with Gasteiger partial charge in [-0.15, -0.1) is 0 Å². The van der Waals surface area contributed by atoms with Crippen LogP contribution in [-0.2, 0) is 22.3 Å². The first-order chi connectivity index (χ1) is 16.2. The van der Waals surface area contributed by atoms with Gasteiger partial charge in [0.05, 0.1) is 25.5 Å². The predicted octanol–water partition coefficient (Wildman–Crippen LogP) is 4.58. The van der Waals surface area contributed by atoms with Gasteiger partial charge in [0.2, 0.25) is 0 Å². The third kappa shape index (κ3) is 7.13. The SMILES string of the molecule is CCOC(=O)N/N=C1\Cc2ccc(Oc3cccc(OC)c3)cc2CC1NC(=O)OC(C)(C)C. The second-order valence-corrected chi connectivity index (χ2v) is 8.73. The summed E-state index contributed by atoms with van der Waals surface area (Å²) >= 11 is 0. The van der Waals surface area contributed by atoms with Crippen LogP contribution in [-0.4, -0.2) is 43.3 Å². The number of nitrogens with one attached hydrogen (secondary N) is 2. The van der Waals surface area contributed by atoms with E-state index in [0.29, 0.717) is 35.8 Å². The molecule has 0 fully saturated rings. The molecule has 0 bridgehead atoms. The maximum Gasteiger partial charge on any atom is 0.427 e. The lowest BCUT2D eigenvalue weighted by Gasteiger charge is -2.29. The van der Waals surface area contributed by atoms with Crippen LogP contribution < -0.4 is 20.2 Å². The molecule has 2 amide bonds. The first kappa shape index (κ1) is 24.9. The summed E-state index contributed by atoms with van der Waals surface area (Å²) in [5.74, 6) is 2.01. The number of nitrogens with zero attached hydrogens (tertiary/aromatic N) is 1. The molecule has 2 N–H and O–H groups in total. The highest BCUT2D eigenvalue weighted by molar-refractivity contribution is 5.96. The molecule has 0 saturated heterocycles. The fourth-order valence-corrected chi connectivity index (χ4v) is 3.47. The number of methoxy groups -OCH3 is 1. The summed E-state index contributed by atoms with van der Waals surface area (Å²) in [6.07, 6.45) is -0.332. The largest absolute Gasteiger partial charge is 0.497 e. The average Bonchev–Trinajstić information content (AvgIpc) is 2.76. The van der Waals surface area contributed by atoms with Crippen LogP contribution >= 0.6 is 0 Å². The number of hydrogen-bond donors (Lipinski definition) is 2. The molecule has 3 rings (SSSR count). The van der Waals surface area contributed by atoms with Crippen molar-refractivity contribution in [3.05, 3.63) is 53.6 Å². The molecule has 9 nitrogen and oxygen atoms in total. The van der Waals surface area contributed by atoms with Crippen molar-refractivity contribution in [2.24, 2.45) is 5.10 Å². The van der Waals surface area contributed by atoms with Gasteiger partial charge in [-0.1, -0.05) is 12.1 Å². The average molecular weight is 470 g/mol. The zero-order valence-electron chi connectivity index (χ0n) is 20.1. The first-order valence-electron chi connectivity index (χ1n) is 11.1. The second kappa shape index (κ2) is 10.9. The number of carbonyl (C=O) groups excluding carboxylic acids is 2. The Hall–Kier alpha value is -3.75. The fraction of sp³-hybridized carbons (Fsp3) is 0.400. The van der Waals surface area contributed by atoms with E-state index in [4.69, 9.17) is 18.9 Å². The zero-order valence-corrected chi connectivity index (χ0v) is 20.1. The van der Waals surface area contributed by atoms with Crippen LogP contribution in [0.1, 0.15) is 38.8 Å². The molecule has 182 valence electrons. The van der Waals surface area contributed by atoms with Crippen molar-refractivity contribution in [2.45, 2.75) is 52.2 Å². The van der Waals surface area contributed by atoms with Gasteiger partial charge in [0.1, 0.15) is 22.8 Å². The Morgan fingerprint density at radius 1 is 1.03 bits per heavy atom. The van der Waals surface area contributed by atoms with Crippen LogP contribution in [0.25, 0.3) is 0 Å². The van der Waals surface area contributed by atoms with Gasteiger partial charge in [-0.05, 0) is 69.5 Å². The number of ether oxygens (including phenoxy) is 4. The Labute approximate surface area is 199 Å². The molecule has 1 aliphatic rings. The van der Waals surface area contributed by atoms with Crippen molar-refractivity contribution in [2.75, 3.05) is 13.7 Å². The van der Waals surface area contributed by atoms with Crippen LogP contribution in [0.15, 0.2) is 47.6 Å². The Balaban J connectivity index is 1.82. The standard InChI is InChI=1S/C25H31N3O6/c1-6-32-24(30)28-27-22-13-16-10-11-20(33-19-9-7-8-18(15-19)31-5)12-17(16)14-21(22)26-23(29)34-25(2,3)4/h7-12,15,21H,6,13-14H2,1-5H3,(H,26,29)(H,28,30)/b27-22+. The Morgan fingerprint density at radius 3 is 2.47 bits per heavy atom. The Morgan fingerprint density at radius 2 is 1.76 bits per heavy atom. The lowest BCUT2D eigenvalue weighted by molar-refractivity contribution is 0.0517. The van der Waals surface area contributed by atoms with Crippen molar-refractivity contribution in [3.8, 4) is 17.2 Å². The van der Waals surface area contributed by atoms with Crippen molar-refractivity contribution in [3.63, 3.8) is 0 Å². The monoisotopic (exact) mass is 469 g/mol. The molecular formula is C25H31N3O6. The van der Waals surface area contributed by atoms with E-state index in [0.717, 1.165) is 11.1 Å². The minimum atomic E-state index is -0.654. The molecule has 0 saturated carbocycles. The predicted molar refractivity (Wildman–Crippen MR) is 128 cm³/mol. The van der Waals surface area contributed by atoms with Crippen LogP contribution in [0.2, 0.25) is 0 Å². The molecule has 2 aromatic carbocycles. The molecule has 2 aromatic rings. The zero-order chi connectivity index (χ0) is 24.7. The summed E-state index contributed by atoms with van der Waals surface area (Å²) in [7, 11) is 1.60. The quantitative estimate of drug-likeness (QED) is 0.600. The van der Waals surface area contributed by atoms with E-state index in [-0.39, 0.29) is 6.61 Å². The Kier molecular flexibility index (Phi) is 7.99. The summed E-state index contributed by atoms with van der Waals surface area (Å²) in [5, 5.41) is 7.08. The van der Waals surface area contributed by atoms with Crippen LogP contribution in [0.3, 0.4) is 0 Å². The highest BCUT2D eigenvalue weighted by Crippen LogP contribution is 2.29. The third-order valence-corrected chi connectivity index (χ3v) is 4.91. The van der Waals surface area contributed by atoms with Gasteiger partial charge in [0, 0.05) is 12.5 Å². The molecule has 0 aromatic heterocycles. The van der Waals surface area contributed by atoms with Crippen LogP contribution in [0.5, 0.6) is 17.2 Å². The highest BCUT2D eigenvalue weighted by atomic mass is 16.6. The van der Waals surface area contributed by atoms with E-state index in [1.807, 2.05) is 36.4 Å². The summed E-state index contributed by atoms with van der Waals surface area (Å²) in [5.41, 5.74) is 4.35. The van der Waals surface area contributed by atoms with Crippen molar-refractivity contribution >= 4 is 17.9 Å². The minimum Gasteiger partial charge on any atom is -0.497 e. The molecule has 9 heteroatoms. The number of carbonyl (C=O) groups is 2. The maximum atomic E-state index is 12.5. The smallest absolute Gasteiger partial charge is 0.427 e. The normalized spacial score (nSPS) is 16.3. The first-order valence-corrected chi connectivity index (χ1v) is 11.1. The van der Waals surface area contributed by atoms with Crippen molar-refractivity contribution in [1.82, 2.24) is 10.7 Å². The van der Waals surface area contributed by atoms with E-state index in [1.165, 1.54) is 0 Å². The third-order valence-electron chi connectivity index (χ3n) is 4.91. The molecule has 1 unspecified atom stereocenters. The van der Waals surface area contributed by atoms with Crippen molar-refractivity contribution in [1.29, 1.82) is 0 Å². The van der Waals surface area contributed by atoms with E-state index in [9.17, 15) is 9.59 Å². The summed E-state index contributed by atoms with van der Waals surface area (Å²) < 4.78 is 21.5. The van der Waals surface area contributed by atoms with Gasteiger partial charge in [0.15, 0.2) is 0 Å². The highest BCUT2D eigenvalue weighted by Gasteiger charge is 2.29. The molecule has 1 aliphatic carbocycles. The minimum absolute atomic E-state index is 0.231. The number of alkyl carbamates (subject to hydrolysis) is 1. The number of amides is 2. The number of hydrazone groups is 1. The molecule has 0 heterocycles. The maximum absolute atomic E-state index is 12.5. The number of hydrogen-bond acceptors (Lipinski definition) is 7.